The van der Waals surface area contributed by atoms with E-state index in [2.05, 4.69) is 4.98 Å². The van der Waals surface area contributed by atoms with Crippen LogP contribution in [0.25, 0.3) is 6.08 Å². The number of thioether (sulfide) groups is 1. The molecule has 1 aliphatic heterocycles. The summed E-state index contributed by atoms with van der Waals surface area (Å²) in [7, 11) is 0. The van der Waals surface area contributed by atoms with E-state index >= 15 is 0 Å². The molecule has 0 N–H and O–H groups in total. The molecule has 1 saturated heterocycles. The highest BCUT2D eigenvalue weighted by molar-refractivity contribution is 8.27. The number of pyridine rings is 1. The van der Waals surface area contributed by atoms with Crippen LogP contribution in [0.1, 0.15) is 5.69 Å². The molecule has 1 aliphatic rings. The highest BCUT2D eigenvalue weighted by Gasteiger charge is 2.33. The van der Waals surface area contributed by atoms with Crippen molar-refractivity contribution in [3.05, 3.63) is 65.1 Å². The predicted octanol–water partition coefficient (Wildman–Crippen LogP) is 3.63. The van der Waals surface area contributed by atoms with Crippen molar-refractivity contribution >= 4 is 46.0 Å². The van der Waals surface area contributed by atoms with Gasteiger partial charge in [-0.05, 0) is 36.4 Å². The molecule has 0 spiro atoms. The zero-order chi connectivity index (χ0) is 14.8. The first kappa shape index (κ1) is 13.9. The lowest BCUT2D eigenvalue weighted by atomic mass is 10.2. The summed E-state index contributed by atoms with van der Waals surface area (Å²) in [5.74, 6) is -0.670. The number of hydrogen-bond acceptors (Lipinski definition) is 4. The molecule has 0 atom stereocenters. The van der Waals surface area contributed by atoms with Crippen molar-refractivity contribution < 1.29 is 9.18 Å². The quantitative estimate of drug-likeness (QED) is 0.626. The smallest absolute Gasteiger partial charge is 0.268 e. The first-order valence-electron chi connectivity index (χ1n) is 6.10. The molecule has 6 heteroatoms. The highest BCUT2D eigenvalue weighted by atomic mass is 32.2. The van der Waals surface area contributed by atoms with E-state index in [1.807, 2.05) is 6.07 Å². The van der Waals surface area contributed by atoms with Crippen molar-refractivity contribution in [1.29, 1.82) is 0 Å². The Balaban J connectivity index is 1.94. The zero-order valence-corrected chi connectivity index (χ0v) is 12.3. The van der Waals surface area contributed by atoms with Gasteiger partial charge in [-0.15, -0.1) is 0 Å². The first-order chi connectivity index (χ1) is 10.1. The van der Waals surface area contributed by atoms with E-state index in [1.165, 1.54) is 28.8 Å². The van der Waals surface area contributed by atoms with Crippen LogP contribution >= 0.6 is 24.0 Å². The summed E-state index contributed by atoms with van der Waals surface area (Å²) in [5.41, 5.74) is 1.11. The van der Waals surface area contributed by atoms with Crippen LogP contribution in [0.15, 0.2) is 53.6 Å². The number of rotatable bonds is 2. The molecule has 2 aromatic rings. The number of halogens is 1. The van der Waals surface area contributed by atoms with Crippen LogP contribution in [-0.4, -0.2) is 15.2 Å². The van der Waals surface area contributed by atoms with Gasteiger partial charge in [0, 0.05) is 6.20 Å². The van der Waals surface area contributed by atoms with E-state index in [9.17, 15) is 9.18 Å². The Morgan fingerprint density at radius 3 is 2.81 bits per heavy atom. The fraction of sp³-hybridized carbons (Fsp3) is 0. The average Bonchev–Trinajstić information content (AvgIpc) is 2.74. The molecule has 21 heavy (non-hydrogen) atoms. The van der Waals surface area contributed by atoms with Gasteiger partial charge in [0.25, 0.3) is 5.91 Å². The average molecular weight is 316 g/mol. The lowest BCUT2D eigenvalue weighted by Crippen LogP contribution is -2.27. The number of aromatic nitrogens is 1. The topological polar surface area (TPSA) is 33.2 Å². The number of carbonyl (C=O) groups is 1. The molecule has 1 aromatic carbocycles. The Kier molecular flexibility index (Phi) is 3.81. The minimum absolute atomic E-state index is 0.263. The Bertz CT molecular complexity index is 746. The fourth-order valence-electron chi connectivity index (χ4n) is 1.90. The third kappa shape index (κ3) is 2.86. The van der Waals surface area contributed by atoms with Gasteiger partial charge >= 0.3 is 0 Å². The third-order valence-electron chi connectivity index (χ3n) is 2.83. The molecule has 1 aromatic heterocycles. The van der Waals surface area contributed by atoms with Crippen molar-refractivity contribution in [2.45, 2.75) is 0 Å². The second-order valence-corrected chi connectivity index (χ2v) is 5.93. The summed E-state index contributed by atoms with van der Waals surface area (Å²) in [6.07, 6.45) is 3.33. The van der Waals surface area contributed by atoms with Gasteiger partial charge in [-0.2, -0.15) is 0 Å². The van der Waals surface area contributed by atoms with Crippen LogP contribution in [-0.2, 0) is 4.79 Å². The predicted molar refractivity (Wildman–Crippen MR) is 86.3 cm³/mol. The van der Waals surface area contributed by atoms with Gasteiger partial charge in [0.2, 0.25) is 0 Å². The summed E-state index contributed by atoms with van der Waals surface area (Å²) in [5, 5.41) is 0. The lowest BCUT2D eigenvalue weighted by Gasteiger charge is -2.14. The van der Waals surface area contributed by atoms with E-state index in [0.717, 1.165) is 0 Å². The maximum Gasteiger partial charge on any atom is 0.270 e. The van der Waals surface area contributed by atoms with Gasteiger partial charge < -0.3 is 0 Å². The van der Waals surface area contributed by atoms with Crippen molar-refractivity contribution in [3.8, 4) is 0 Å². The molecule has 3 rings (SSSR count). The highest BCUT2D eigenvalue weighted by Crippen LogP contribution is 2.35. The van der Waals surface area contributed by atoms with Crippen LogP contribution in [0, 0.1) is 5.82 Å². The zero-order valence-electron chi connectivity index (χ0n) is 10.7. The standard InChI is InChI=1S/C15H9FN2OS2/c16-10-4-3-6-12(8-10)18-14(19)13(21-15(18)20)9-11-5-1-2-7-17-11/h1-9H. The maximum atomic E-state index is 13.3. The molecule has 0 aliphatic carbocycles. The van der Waals surface area contributed by atoms with Gasteiger partial charge in [-0.25, -0.2) is 4.39 Å². The van der Waals surface area contributed by atoms with E-state index in [4.69, 9.17) is 12.2 Å². The monoisotopic (exact) mass is 316 g/mol. The van der Waals surface area contributed by atoms with Gasteiger partial charge in [-0.1, -0.05) is 36.1 Å². The van der Waals surface area contributed by atoms with E-state index in [0.29, 0.717) is 20.6 Å². The molecule has 1 fully saturated rings. The maximum absolute atomic E-state index is 13.3. The van der Waals surface area contributed by atoms with Crippen LogP contribution in [0.4, 0.5) is 10.1 Å². The van der Waals surface area contributed by atoms with Crippen molar-refractivity contribution in [2.24, 2.45) is 0 Å². The molecule has 1 amide bonds. The van der Waals surface area contributed by atoms with Crippen LogP contribution < -0.4 is 4.90 Å². The molecule has 0 unspecified atom stereocenters. The summed E-state index contributed by atoms with van der Waals surface area (Å²) in [4.78, 5) is 18.4. The van der Waals surface area contributed by atoms with Gasteiger partial charge in [-0.3, -0.25) is 14.7 Å². The Labute approximate surface area is 130 Å². The SMILES string of the molecule is O=C1C(=Cc2ccccn2)SC(=S)N1c1cccc(F)c1. The lowest BCUT2D eigenvalue weighted by molar-refractivity contribution is -0.113. The third-order valence-corrected chi connectivity index (χ3v) is 4.13. The molecule has 104 valence electrons. The fourth-order valence-corrected chi connectivity index (χ4v) is 3.18. The summed E-state index contributed by atoms with van der Waals surface area (Å²) in [6, 6.07) is 11.2. The summed E-state index contributed by atoms with van der Waals surface area (Å²) < 4.78 is 13.7. The number of nitrogens with zero attached hydrogens (tertiary/aromatic N) is 2. The first-order valence-corrected chi connectivity index (χ1v) is 7.32. The summed E-state index contributed by atoms with van der Waals surface area (Å²) in [6.45, 7) is 0. The van der Waals surface area contributed by atoms with E-state index < -0.39 is 5.82 Å². The van der Waals surface area contributed by atoms with Crippen LogP contribution in [0.5, 0.6) is 0 Å². The number of carbonyl (C=O) groups excluding carboxylic acids is 1. The van der Waals surface area contributed by atoms with Crippen molar-refractivity contribution in [1.82, 2.24) is 4.98 Å². The molecule has 0 radical (unpaired) electrons. The molecule has 0 bridgehead atoms. The molecular weight excluding hydrogens is 307 g/mol. The minimum atomic E-state index is -0.407. The number of amides is 1. The Morgan fingerprint density at radius 2 is 2.10 bits per heavy atom. The molecular formula is C15H9FN2OS2. The molecule has 0 saturated carbocycles. The van der Waals surface area contributed by atoms with Gasteiger partial charge in [0.15, 0.2) is 4.32 Å². The largest absolute Gasteiger partial charge is 0.270 e. The van der Waals surface area contributed by atoms with Gasteiger partial charge in [0.05, 0.1) is 16.3 Å². The molecule has 2 heterocycles. The van der Waals surface area contributed by atoms with Crippen molar-refractivity contribution in [3.63, 3.8) is 0 Å². The van der Waals surface area contributed by atoms with E-state index in [-0.39, 0.29) is 5.91 Å². The van der Waals surface area contributed by atoms with E-state index in [1.54, 1.807) is 36.5 Å². The normalized spacial score (nSPS) is 16.8. The Hall–Kier alpha value is -2.05. The van der Waals surface area contributed by atoms with Crippen LogP contribution in [0.2, 0.25) is 0 Å². The van der Waals surface area contributed by atoms with Gasteiger partial charge in [0.1, 0.15) is 5.82 Å². The minimum Gasteiger partial charge on any atom is -0.268 e. The number of hydrogen-bond donors (Lipinski definition) is 0. The van der Waals surface area contributed by atoms with Crippen LogP contribution in [0.3, 0.4) is 0 Å². The van der Waals surface area contributed by atoms with Crippen molar-refractivity contribution in [2.75, 3.05) is 4.90 Å². The second-order valence-electron chi connectivity index (χ2n) is 4.25. The number of anilines is 1. The second kappa shape index (κ2) is 5.75. The Morgan fingerprint density at radius 1 is 1.24 bits per heavy atom. The number of benzene rings is 1. The summed E-state index contributed by atoms with van der Waals surface area (Å²) >= 11 is 6.40. The molecule has 3 nitrogen and oxygen atoms in total. The number of thiocarbonyl (C=S) groups is 1.